The number of hydrogen-bond acceptors (Lipinski definition) is 6. The standard InChI is InChI=1S/C22H26N6O3/c1-30-20-5-4-16(24-22(29)27-6-2-3-7-27)12-18(20)19-15-28-14-17(13-23-21(28)25-19)26-8-10-31-11-9-26/h4-5,12-15H,2-3,6-11H2,1H3,(H,24,29). The summed E-state index contributed by atoms with van der Waals surface area (Å²) in [5, 5.41) is 2.99. The maximum Gasteiger partial charge on any atom is 0.321 e. The number of anilines is 2. The summed E-state index contributed by atoms with van der Waals surface area (Å²) in [5.41, 5.74) is 3.30. The fraction of sp³-hybridized carbons (Fsp3) is 0.409. The van der Waals surface area contributed by atoms with Crippen molar-refractivity contribution >= 4 is 23.2 Å². The van der Waals surface area contributed by atoms with Gasteiger partial charge in [0.15, 0.2) is 0 Å². The van der Waals surface area contributed by atoms with Gasteiger partial charge in [-0.15, -0.1) is 0 Å². The molecule has 2 saturated heterocycles. The Morgan fingerprint density at radius 3 is 2.71 bits per heavy atom. The lowest BCUT2D eigenvalue weighted by Crippen LogP contribution is -2.36. The topological polar surface area (TPSA) is 84.2 Å². The molecule has 0 saturated carbocycles. The van der Waals surface area contributed by atoms with Gasteiger partial charge in [-0.25, -0.2) is 14.8 Å². The molecule has 0 spiro atoms. The Morgan fingerprint density at radius 1 is 1.13 bits per heavy atom. The van der Waals surface area contributed by atoms with Gasteiger partial charge in [-0.05, 0) is 31.0 Å². The molecule has 4 heterocycles. The van der Waals surface area contributed by atoms with Crippen molar-refractivity contribution in [2.24, 2.45) is 0 Å². The molecule has 1 N–H and O–H groups in total. The predicted octanol–water partition coefficient (Wildman–Crippen LogP) is 2.87. The molecule has 2 aromatic heterocycles. The lowest BCUT2D eigenvalue weighted by atomic mass is 10.1. The predicted molar refractivity (Wildman–Crippen MR) is 118 cm³/mol. The summed E-state index contributed by atoms with van der Waals surface area (Å²) >= 11 is 0. The van der Waals surface area contributed by atoms with Crippen LogP contribution in [0.3, 0.4) is 0 Å². The number of fused-ring (bicyclic) bond motifs is 1. The Balaban J connectivity index is 1.44. The van der Waals surface area contributed by atoms with Crippen molar-refractivity contribution < 1.29 is 14.3 Å². The fourth-order valence-corrected chi connectivity index (χ4v) is 4.10. The van der Waals surface area contributed by atoms with Crippen LogP contribution in [0.25, 0.3) is 17.0 Å². The van der Waals surface area contributed by atoms with Crippen LogP contribution in [-0.4, -0.2) is 71.8 Å². The summed E-state index contributed by atoms with van der Waals surface area (Å²) in [6, 6.07) is 5.53. The maximum atomic E-state index is 12.5. The van der Waals surface area contributed by atoms with E-state index in [0.717, 1.165) is 69.2 Å². The van der Waals surface area contributed by atoms with Crippen LogP contribution in [0.1, 0.15) is 12.8 Å². The summed E-state index contributed by atoms with van der Waals surface area (Å²) in [6.45, 7) is 4.75. The largest absolute Gasteiger partial charge is 0.496 e. The minimum absolute atomic E-state index is 0.0690. The highest BCUT2D eigenvalue weighted by Gasteiger charge is 2.19. The highest BCUT2D eigenvalue weighted by atomic mass is 16.5. The van der Waals surface area contributed by atoms with Crippen LogP contribution >= 0.6 is 0 Å². The van der Waals surface area contributed by atoms with E-state index in [0.29, 0.717) is 17.2 Å². The minimum Gasteiger partial charge on any atom is -0.496 e. The monoisotopic (exact) mass is 422 g/mol. The first-order valence-corrected chi connectivity index (χ1v) is 10.6. The average Bonchev–Trinajstić information content (AvgIpc) is 3.49. The molecule has 162 valence electrons. The number of carbonyl (C=O) groups excluding carboxylic acids is 1. The van der Waals surface area contributed by atoms with Crippen LogP contribution in [-0.2, 0) is 4.74 Å². The van der Waals surface area contributed by atoms with Crippen LogP contribution in [0.4, 0.5) is 16.2 Å². The molecule has 0 aliphatic carbocycles. The lowest BCUT2D eigenvalue weighted by molar-refractivity contribution is 0.122. The van der Waals surface area contributed by atoms with Crippen molar-refractivity contribution in [3.63, 3.8) is 0 Å². The molecule has 2 fully saturated rings. The molecule has 0 atom stereocenters. The first-order chi connectivity index (χ1) is 15.2. The number of amides is 2. The van der Waals surface area contributed by atoms with Crippen molar-refractivity contribution in [3.8, 4) is 17.0 Å². The Kier molecular flexibility index (Phi) is 5.33. The van der Waals surface area contributed by atoms with E-state index in [-0.39, 0.29) is 6.03 Å². The number of nitrogens with zero attached hydrogens (tertiary/aromatic N) is 5. The smallest absolute Gasteiger partial charge is 0.321 e. The van der Waals surface area contributed by atoms with Crippen molar-refractivity contribution in [1.82, 2.24) is 19.3 Å². The Morgan fingerprint density at radius 2 is 1.94 bits per heavy atom. The molecule has 31 heavy (non-hydrogen) atoms. The number of ether oxygens (including phenoxy) is 2. The molecule has 0 bridgehead atoms. The van der Waals surface area contributed by atoms with Crippen LogP contribution in [0.5, 0.6) is 5.75 Å². The summed E-state index contributed by atoms with van der Waals surface area (Å²) < 4.78 is 12.9. The second-order valence-corrected chi connectivity index (χ2v) is 7.78. The van der Waals surface area contributed by atoms with Crippen LogP contribution < -0.4 is 15.0 Å². The third-order valence-corrected chi connectivity index (χ3v) is 5.79. The van der Waals surface area contributed by atoms with Crippen molar-refractivity contribution in [2.45, 2.75) is 12.8 Å². The first kappa shape index (κ1) is 19.6. The van der Waals surface area contributed by atoms with Crippen LogP contribution in [0.2, 0.25) is 0 Å². The van der Waals surface area contributed by atoms with E-state index in [1.165, 1.54) is 0 Å². The Labute approximate surface area is 180 Å². The van der Waals surface area contributed by atoms with E-state index >= 15 is 0 Å². The zero-order valence-corrected chi connectivity index (χ0v) is 17.6. The second-order valence-electron chi connectivity index (χ2n) is 7.78. The normalized spacial score (nSPS) is 16.7. The SMILES string of the molecule is COc1ccc(NC(=O)N2CCCC2)cc1-c1cn2cc(N3CCOCC3)cnc2n1. The van der Waals surface area contributed by atoms with Gasteiger partial charge in [-0.3, -0.25) is 4.40 Å². The minimum atomic E-state index is -0.0690. The molecule has 9 heteroatoms. The van der Waals surface area contributed by atoms with E-state index in [2.05, 4.69) is 20.2 Å². The quantitative estimate of drug-likeness (QED) is 0.696. The van der Waals surface area contributed by atoms with Gasteiger partial charge < -0.3 is 24.6 Å². The summed E-state index contributed by atoms with van der Waals surface area (Å²) in [7, 11) is 1.63. The number of hydrogen-bond donors (Lipinski definition) is 1. The zero-order valence-electron chi connectivity index (χ0n) is 17.6. The van der Waals surface area contributed by atoms with Crippen molar-refractivity contribution in [3.05, 3.63) is 36.8 Å². The molecule has 5 rings (SSSR count). The van der Waals surface area contributed by atoms with Gasteiger partial charge in [0.25, 0.3) is 0 Å². The lowest BCUT2D eigenvalue weighted by Gasteiger charge is -2.28. The molecular formula is C22H26N6O3. The summed E-state index contributed by atoms with van der Waals surface area (Å²) in [5.74, 6) is 1.30. The molecule has 2 aliphatic rings. The molecule has 2 amide bonds. The molecule has 0 radical (unpaired) electrons. The zero-order chi connectivity index (χ0) is 21.2. The number of methoxy groups -OCH3 is 1. The van der Waals surface area contributed by atoms with E-state index in [4.69, 9.17) is 9.47 Å². The maximum absolute atomic E-state index is 12.5. The van der Waals surface area contributed by atoms with Crippen LogP contribution in [0, 0.1) is 0 Å². The average molecular weight is 422 g/mol. The van der Waals surface area contributed by atoms with Gasteiger partial charge >= 0.3 is 6.03 Å². The molecule has 0 unspecified atom stereocenters. The van der Waals surface area contributed by atoms with Gasteiger partial charge in [0.05, 0.1) is 37.9 Å². The van der Waals surface area contributed by atoms with Crippen molar-refractivity contribution in [2.75, 3.05) is 56.7 Å². The first-order valence-electron chi connectivity index (χ1n) is 10.6. The summed E-state index contributed by atoms with van der Waals surface area (Å²) in [6.07, 6.45) is 7.94. The van der Waals surface area contributed by atoms with E-state index in [9.17, 15) is 4.79 Å². The van der Waals surface area contributed by atoms with Gasteiger partial charge in [0, 0.05) is 49.8 Å². The number of nitrogens with one attached hydrogen (secondary N) is 1. The third-order valence-electron chi connectivity index (χ3n) is 5.79. The highest BCUT2D eigenvalue weighted by molar-refractivity contribution is 5.90. The Bertz CT molecular complexity index is 1090. The number of rotatable bonds is 4. The van der Waals surface area contributed by atoms with Gasteiger partial charge in [0.1, 0.15) is 5.75 Å². The second kappa shape index (κ2) is 8.43. The van der Waals surface area contributed by atoms with E-state index in [1.54, 1.807) is 7.11 Å². The number of morpholine rings is 1. The number of carbonyl (C=O) groups is 1. The number of urea groups is 1. The van der Waals surface area contributed by atoms with Gasteiger partial charge in [0.2, 0.25) is 5.78 Å². The van der Waals surface area contributed by atoms with E-state index in [1.807, 2.05) is 46.1 Å². The van der Waals surface area contributed by atoms with Crippen LogP contribution in [0.15, 0.2) is 36.8 Å². The molecule has 1 aromatic carbocycles. The number of aromatic nitrogens is 3. The molecule has 3 aromatic rings. The van der Waals surface area contributed by atoms with Gasteiger partial charge in [-0.2, -0.15) is 0 Å². The molecular weight excluding hydrogens is 396 g/mol. The number of imidazole rings is 1. The van der Waals surface area contributed by atoms with E-state index < -0.39 is 0 Å². The molecule has 9 nitrogen and oxygen atoms in total. The third kappa shape index (κ3) is 4.00. The number of likely N-dealkylation sites (tertiary alicyclic amines) is 1. The van der Waals surface area contributed by atoms with Gasteiger partial charge in [-0.1, -0.05) is 0 Å². The van der Waals surface area contributed by atoms with Crippen molar-refractivity contribution in [1.29, 1.82) is 0 Å². The summed E-state index contributed by atoms with van der Waals surface area (Å²) in [4.78, 5) is 25.8. The number of benzene rings is 1. The fourth-order valence-electron chi connectivity index (χ4n) is 4.10. The Hall–Kier alpha value is -3.33. The molecule has 2 aliphatic heterocycles. The highest BCUT2D eigenvalue weighted by Crippen LogP contribution is 2.32.